The van der Waals surface area contributed by atoms with E-state index < -0.39 is 9.75 Å². The van der Waals surface area contributed by atoms with E-state index in [9.17, 15) is 9.18 Å². The first-order valence-electron chi connectivity index (χ1n) is 5.67. The molecule has 2 rings (SSSR count). The van der Waals surface area contributed by atoms with Gasteiger partial charge in [0.05, 0.1) is 5.41 Å². The quantitative estimate of drug-likeness (QED) is 0.850. The molecule has 1 aromatic rings. The molecule has 1 aliphatic carbocycles. The van der Waals surface area contributed by atoms with Crippen LogP contribution in [-0.4, -0.2) is 10.2 Å². The van der Waals surface area contributed by atoms with Gasteiger partial charge in [-0.3, -0.25) is 4.79 Å². The number of rotatable bonds is 3. The minimum absolute atomic E-state index is 0.200. The molecule has 18 heavy (non-hydrogen) atoms. The largest absolute Gasteiger partial charge is 0.351 e. The van der Waals surface area contributed by atoms with Gasteiger partial charge in [0.25, 0.3) is 0 Å². The molecule has 1 fully saturated rings. The Morgan fingerprint density at radius 3 is 2.61 bits per heavy atom. The first-order chi connectivity index (χ1) is 8.26. The Balaban J connectivity index is 1.96. The number of alkyl halides is 2. The molecule has 1 N–H and O–H groups in total. The van der Waals surface area contributed by atoms with Crippen LogP contribution in [0.4, 0.5) is 4.39 Å². The Labute approximate surface area is 115 Å². The molecule has 0 heterocycles. The zero-order valence-corrected chi connectivity index (χ0v) is 11.7. The van der Waals surface area contributed by atoms with Gasteiger partial charge >= 0.3 is 0 Å². The molecular formula is C13H14Cl2FNO. The second kappa shape index (κ2) is 4.39. The van der Waals surface area contributed by atoms with Crippen LogP contribution >= 0.6 is 23.2 Å². The molecule has 1 unspecified atom stereocenters. The van der Waals surface area contributed by atoms with Crippen molar-refractivity contribution < 1.29 is 9.18 Å². The third-order valence-electron chi connectivity index (χ3n) is 3.45. The van der Waals surface area contributed by atoms with Gasteiger partial charge in [0, 0.05) is 6.54 Å². The Bertz CT molecular complexity index is 504. The Morgan fingerprint density at radius 2 is 2.11 bits per heavy atom. The van der Waals surface area contributed by atoms with Crippen LogP contribution in [0, 0.1) is 18.2 Å². The van der Waals surface area contributed by atoms with Gasteiger partial charge in [-0.2, -0.15) is 0 Å². The number of amides is 1. The van der Waals surface area contributed by atoms with Crippen LogP contribution in [0.2, 0.25) is 0 Å². The molecule has 98 valence electrons. The Kier molecular flexibility index (Phi) is 3.32. The summed E-state index contributed by atoms with van der Waals surface area (Å²) in [6.07, 6.45) is 0.442. The van der Waals surface area contributed by atoms with Crippen molar-refractivity contribution in [3.05, 3.63) is 35.1 Å². The molecule has 1 aromatic carbocycles. The van der Waals surface area contributed by atoms with Crippen LogP contribution in [0.1, 0.15) is 24.5 Å². The summed E-state index contributed by atoms with van der Waals surface area (Å²) in [6.45, 7) is 3.69. The van der Waals surface area contributed by atoms with Crippen LogP contribution < -0.4 is 5.32 Å². The monoisotopic (exact) mass is 289 g/mol. The summed E-state index contributed by atoms with van der Waals surface area (Å²) in [7, 11) is 0. The number of benzene rings is 1. The third-order valence-corrected chi connectivity index (χ3v) is 4.55. The molecule has 0 saturated heterocycles. The average molecular weight is 290 g/mol. The maximum absolute atomic E-state index is 13.3. The van der Waals surface area contributed by atoms with Crippen molar-refractivity contribution in [3.63, 3.8) is 0 Å². The van der Waals surface area contributed by atoms with Gasteiger partial charge in [0.2, 0.25) is 5.91 Å². The molecule has 0 bridgehead atoms. The summed E-state index contributed by atoms with van der Waals surface area (Å²) < 4.78 is 12.3. The highest BCUT2D eigenvalue weighted by molar-refractivity contribution is 6.53. The SMILES string of the molecule is Cc1ccc(CNC(=O)C2(C)CC2(Cl)Cl)cc1F. The molecular weight excluding hydrogens is 276 g/mol. The molecule has 0 aliphatic heterocycles. The lowest BCUT2D eigenvalue weighted by Gasteiger charge is -2.12. The molecule has 1 aliphatic rings. The summed E-state index contributed by atoms with van der Waals surface area (Å²) in [6, 6.07) is 4.88. The molecule has 2 nitrogen and oxygen atoms in total. The average Bonchev–Trinajstić information content (AvgIpc) is 2.81. The molecule has 1 atom stereocenters. The minimum atomic E-state index is -0.977. The van der Waals surface area contributed by atoms with Crippen molar-refractivity contribution >= 4 is 29.1 Å². The number of halogens is 3. The van der Waals surface area contributed by atoms with Crippen LogP contribution in [0.5, 0.6) is 0 Å². The highest BCUT2D eigenvalue weighted by Gasteiger charge is 2.67. The van der Waals surface area contributed by atoms with Crippen LogP contribution in [0.25, 0.3) is 0 Å². The van der Waals surface area contributed by atoms with Gasteiger partial charge in [-0.25, -0.2) is 4.39 Å². The Morgan fingerprint density at radius 1 is 1.50 bits per heavy atom. The van der Waals surface area contributed by atoms with E-state index in [0.717, 1.165) is 0 Å². The number of aryl methyl sites for hydroxylation is 1. The predicted molar refractivity (Wildman–Crippen MR) is 70.1 cm³/mol. The predicted octanol–water partition coefficient (Wildman–Crippen LogP) is 3.33. The van der Waals surface area contributed by atoms with Crippen molar-refractivity contribution in [2.24, 2.45) is 5.41 Å². The standard InChI is InChI=1S/C13H14Cl2FNO/c1-8-3-4-9(5-10(8)16)6-17-11(18)12(2)7-13(12,14)15/h3-5H,6-7H2,1-2H3,(H,17,18). The van der Waals surface area contributed by atoms with E-state index in [4.69, 9.17) is 23.2 Å². The van der Waals surface area contributed by atoms with E-state index in [-0.39, 0.29) is 18.3 Å². The highest BCUT2D eigenvalue weighted by Crippen LogP contribution is 2.63. The summed E-state index contributed by atoms with van der Waals surface area (Å²) in [5, 5.41) is 2.73. The lowest BCUT2D eigenvalue weighted by atomic mass is 10.1. The van der Waals surface area contributed by atoms with E-state index in [1.54, 1.807) is 26.0 Å². The van der Waals surface area contributed by atoms with Gasteiger partial charge in [-0.15, -0.1) is 23.2 Å². The summed E-state index contributed by atoms with van der Waals surface area (Å²) in [5.74, 6) is -0.475. The zero-order valence-electron chi connectivity index (χ0n) is 10.2. The zero-order chi connectivity index (χ0) is 13.6. The van der Waals surface area contributed by atoms with Crippen molar-refractivity contribution in [3.8, 4) is 0 Å². The van der Waals surface area contributed by atoms with Crippen LogP contribution in [-0.2, 0) is 11.3 Å². The lowest BCUT2D eigenvalue weighted by Crippen LogP contribution is -2.32. The number of nitrogens with one attached hydrogen (secondary N) is 1. The fourth-order valence-corrected chi connectivity index (χ4v) is 2.48. The van der Waals surface area contributed by atoms with Crippen molar-refractivity contribution in [2.45, 2.75) is 31.1 Å². The van der Waals surface area contributed by atoms with Crippen molar-refractivity contribution in [1.82, 2.24) is 5.32 Å². The highest BCUT2D eigenvalue weighted by atomic mass is 35.5. The van der Waals surface area contributed by atoms with Gasteiger partial charge in [-0.1, -0.05) is 12.1 Å². The topological polar surface area (TPSA) is 29.1 Å². The maximum Gasteiger partial charge on any atom is 0.229 e. The van der Waals surface area contributed by atoms with Gasteiger partial charge in [-0.05, 0) is 37.5 Å². The van der Waals surface area contributed by atoms with Gasteiger partial charge < -0.3 is 5.32 Å². The van der Waals surface area contributed by atoms with Crippen molar-refractivity contribution in [2.75, 3.05) is 0 Å². The first-order valence-corrected chi connectivity index (χ1v) is 6.43. The summed E-state index contributed by atoms with van der Waals surface area (Å²) >= 11 is 11.8. The van der Waals surface area contributed by atoms with E-state index in [2.05, 4.69) is 5.32 Å². The number of hydrogen-bond donors (Lipinski definition) is 1. The third kappa shape index (κ3) is 2.34. The minimum Gasteiger partial charge on any atom is -0.351 e. The van der Waals surface area contributed by atoms with Crippen molar-refractivity contribution in [1.29, 1.82) is 0 Å². The molecule has 0 spiro atoms. The van der Waals surface area contributed by atoms with E-state index in [1.165, 1.54) is 6.07 Å². The second-order valence-electron chi connectivity index (χ2n) is 4.98. The van der Waals surface area contributed by atoms with E-state index in [0.29, 0.717) is 17.5 Å². The van der Waals surface area contributed by atoms with E-state index in [1.807, 2.05) is 0 Å². The second-order valence-corrected chi connectivity index (χ2v) is 6.46. The molecule has 1 amide bonds. The summed E-state index contributed by atoms with van der Waals surface area (Å²) in [5.41, 5.74) is 0.560. The van der Waals surface area contributed by atoms with Crippen LogP contribution in [0.3, 0.4) is 0 Å². The number of carbonyl (C=O) groups is 1. The normalized spacial score (nSPS) is 24.7. The van der Waals surface area contributed by atoms with E-state index >= 15 is 0 Å². The molecule has 0 radical (unpaired) electrons. The summed E-state index contributed by atoms with van der Waals surface area (Å²) in [4.78, 5) is 11.9. The molecule has 5 heteroatoms. The lowest BCUT2D eigenvalue weighted by molar-refractivity contribution is -0.125. The van der Waals surface area contributed by atoms with Crippen LogP contribution in [0.15, 0.2) is 18.2 Å². The fourth-order valence-electron chi connectivity index (χ4n) is 1.77. The first kappa shape index (κ1) is 13.6. The Hall–Kier alpha value is -0.800. The van der Waals surface area contributed by atoms with Gasteiger partial charge in [0.15, 0.2) is 0 Å². The molecule has 1 saturated carbocycles. The smallest absolute Gasteiger partial charge is 0.229 e. The fraction of sp³-hybridized carbons (Fsp3) is 0.462. The van der Waals surface area contributed by atoms with Gasteiger partial charge in [0.1, 0.15) is 10.2 Å². The maximum atomic E-state index is 13.3. The molecule has 0 aromatic heterocycles. The number of carbonyl (C=O) groups excluding carboxylic acids is 1. The number of hydrogen-bond acceptors (Lipinski definition) is 1.